The summed E-state index contributed by atoms with van der Waals surface area (Å²) in [6.07, 6.45) is -2.39. The van der Waals surface area contributed by atoms with Crippen molar-refractivity contribution in [1.82, 2.24) is 9.88 Å². The van der Waals surface area contributed by atoms with Gasteiger partial charge in [0.1, 0.15) is 12.2 Å². The number of alkyl halides is 3. The molecule has 20 heavy (non-hydrogen) atoms. The zero-order valence-electron chi connectivity index (χ0n) is 10.2. The number of pyridine rings is 1. The Labute approximate surface area is 112 Å². The Bertz CT molecular complexity index is 524. The number of rotatable bonds is 4. The molecular formula is C12H11F3N2O3. The molecule has 1 N–H and O–H groups in total. The van der Waals surface area contributed by atoms with Gasteiger partial charge in [0.2, 0.25) is 0 Å². The summed E-state index contributed by atoms with van der Waals surface area (Å²) in [5, 5.41) is 8.67. The van der Waals surface area contributed by atoms with E-state index in [2.05, 4.69) is 4.98 Å². The van der Waals surface area contributed by atoms with E-state index in [1.807, 2.05) is 0 Å². The highest BCUT2D eigenvalue weighted by Gasteiger charge is 2.40. The van der Waals surface area contributed by atoms with Gasteiger partial charge in [-0.3, -0.25) is 4.79 Å². The smallest absolute Gasteiger partial charge is 0.406 e. The van der Waals surface area contributed by atoms with Crippen LogP contribution in [0.15, 0.2) is 18.3 Å². The number of carbonyl (C=O) groups is 2. The maximum absolute atomic E-state index is 12.5. The van der Waals surface area contributed by atoms with E-state index in [1.54, 1.807) is 0 Å². The second kappa shape index (κ2) is 5.10. The molecule has 0 aromatic carbocycles. The van der Waals surface area contributed by atoms with Crippen LogP contribution in [0, 0.1) is 0 Å². The molecule has 0 unspecified atom stereocenters. The second-order valence-corrected chi connectivity index (χ2v) is 4.52. The summed E-state index contributed by atoms with van der Waals surface area (Å²) < 4.78 is 37.4. The minimum absolute atomic E-state index is 0.0499. The molecule has 0 spiro atoms. The Kier molecular flexibility index (Phi) is 3.65. The van der Waals surface area contributed by atoms with E-state index in [0.29, 0.717) is 12.8 Å². The maximum Gasteiger partial charge on any atom is 0.406 e. The topological polar surface area (TPSA) is 70.5 Å². The number of hydrogen-bond donors (Lipinski definition) is 1. The quantitative estimate of drug-likeness (QED) is 0.919. The third-order valence-corrected chi connectivity index (χ3v) is 2.83. The van der Waals surface area contributed by atoms with E-state index in [9.17, 15) is 22.8 Å². The van der Waals surface area contributed by atoms with Gasteiger partial charge in [0.05, 0.1) is 5.56 Å². The lowest BCUT2D eigenvalue weighted by Gasteiger charge is -2.23. The molecule has 0 saturated heterocycles. The summed E-state index contributed by atoms with van der Waals surface area (Å²) in [6.45, 7) is -1.31. The first kappa shape index (κ1) is 14.3. The van der Waals surface area contributed by atoms with Gasteiger partial charge in [-0.25, -0.2) is 9.78 Å². The van der Waals surface area contributed by atoms with Crippen LogP contribution in [0.5, 0.6) is 0 Å². The number of aromatic nitrogens is 1. The van der Waals surface area contributed by atoms with E-state index in [0.717, 1.165) is 17.2 Å². The Morgan fingerprint density at radius 1 is 1.35 bits per heavy atom. The number of aromatic carboxylic acids is 1. The van der Waals surface area contributed by atoms with Gasteiger partial charge >= 0.3 is 12.1 Å². The summed E-state index contributed by atoms with van der Waals surface area (Å²) >= 11 is 0. The molecule has 0 bridgehead atoms. The number of nitrogens with zero attached hydrogens (tertiary/aromatic N) is 2. The van der Waals surface area contributed by atoms with Gasteiger partial charge in [-0.1, -0.05) is 0 Å². The zero-order valence-corrected chi connectivity index (χ0v) is 10.2. The van der Waals surface area contributed by atoms with Gasteiger partial charge in [-0.15, -0.1) is 0 Å². The van der Waals surface area contributed by atoms with Gasteiger partial charge in [0.25, 0.3) is 5.91 Å². The van der Waals surface area contributed by atoms with Crippen molar-refractivity contribution in [3.63, 3.8) is 0 Å². The first-order valence-electron chi connectivity index (χ1n) is 5.85. The average molecular weight is 288 g/mol. The van der Waals surface area contributed by atoms with Crippen LogP contribution < -0.4 is 0 Å². The molecule has 0 aliphatic heterocycles. The molecule has 5 nitrogen and oxygen atoms in total. The fourth-order valence-electron chi connectivity index (χ4n) is 1.76. The lowest BCUT2D eigenvalue weighted by atomic mass is 10.2. The first-order valence-corrected chi connectivity index (χ1v) is 5.85. The zero-order chi connectivity index (χ0) is 14.9. The van der Waals surface area contributed by atoms with Crippen LogP contribution in [0.25, 0.3) is 0 Å². The van der Waals surface area contributed by atoms with Crippen molar-refractivity contribution < 1.29 is 27.9 Å². The number of hydrogen-bond acceptors (Lipinski definition) is 3. The molecule has 2 rings (SSSR count). The van der Waals surface area contributed by atoms with E-state index < -0.39 is 30.6 Å². The van der Waals surface area contributed by atoms with E-state index in [4.69, 9.17) is 5.11 Å². The normalized spacial score (nSPS) is 14.9. The van der Waals surface area contributed by atoms with Crippen LogP contribution in [-0.2, 0) is 0 Å². The van der Waals surface area contributed by atoms with Crippen LogP contribution in [0.4, 0.5) is 13.2 Å². The fraction of sp³-hybridized carbons (Fsp3) is 0.417. The minimum Gasteiger partial charge on any atom is -0.477 e. The third kappa shape index (κ3) is 3.46. The third-order valence-electron chi connectivity index (χ3n) is 2.83. The highest BCUT2D eigenvalue weighted by atomic mass is 19.4. The van der Waals surface area contributed by atoms with E-state index in [-0.39, 0.29) is 11.3 Å². The summed E-state index contributed by atoms with van der Waals surface area (Å²) in [5.41, 5.74) is -0.318. The van der Waals surface area contributed by atoms with Crippen molar-refractivity contribution in [2.24, 2.45) is 0 Å². The number of halogens is 3. The van der Waals surface area contributed by atoms with Crippen molar-refractivity contribution >= 4 is 11.9 Å². The molecule has 8 heteroatoms. The summed E-state index contributed by atoms with van der Waals surface area (Å²) in [4.78, 5) is 26.9. The molecule has 1 aliphatic carbocycles. The Balaban J connectivity index is 2.17. The van der Waals surface area contributed by atoms with Crippen LogP contribution in [-0.4, -0.2) is 45.6 Å². The molecule has 108 valence electrons. The maximum atomic E-state index is 12.5. The molecule has 1 fully saturated rings. The van der Waals surface area contributed by atoms with Crippen LogP contribution >= 0.6 is 0 Å². The van der Waals surface area contributed by atoms with Crippen LogP contribution in [0.1, 0.15) is 33.7 Å². The lowest BCUT2D eigenvalue weighted by molar-refractivity contribution is -0.141. The highest BCUT2D eigenvalue weighted by Crippen LogP contribution is 2.31. The number of carboxylic acid groups (broad SMARTS) is 1. The minimum atomic E-state index is -4.47. The summed E-state index contributed by atoms with van der Waals surface area (Å²) in [5.74, 6) is -2.05. The van der Waals surface area contributed by atoms with Gasteiger partial charge < -0.3 is 10.0 Å². The highest BCUT2D eigenvalue weighted by molar-refractivity contribution is 5.95. The molecule has 1 heterocycles. The van der Waals surface area contributed by atoms with Crippen molar-refractivity contribution in [1.29, 1.82) is 0 Å². The molecular weight excluding hydrogens is 277 g/mol. The molecule has 1 aromatic rings. The predicted octanol–water partition coefficient (Wildman–Crippen LogP) is 1.95. The number of amides is 1. The van der Waals surface area contributed by atoms with Crippen LogP contribution in [0.3, 0.4) is 0 Å². The first-order chi connectivity index (χ1) is 9.28. The molecule has 1 saturated carbocycles. The summed E-state index contributed by atoms with van der Waals surface area (Å²) in [6, 6.07) is 1.86. The number of carboxylic acids is 1. The molecule has 0 atom stereocenters. The summed E-state index contributed by atoms with van der Waals surface area (Å²) in [7, 11) is 0. The van der Waals surface area contributed by atoms with E-state index >= 15 is 0 Å². The Morgan fingerprint density at radius 3 is 2.40 bits per heavy atom. The largest absolute Gasteiger partial charge is 0.477 e. The van der Waals surface area contributed by atoms with Crippen molar-refractivity contribution in [3.8, 4) is 0 Å². The Morgan fingerprint density at radius 2 is 2.00 bits per heavy atom. The van der Waals surface area contributed by atoms with Gasteiger partial charge in [-0.2, -0.15) is 13.2 Å². The number of carbonyl (C=O) groups excluding carboxylic acids is 1. The lowest BCUT2D eigenvalue weighted by Crippen LogP contribution is -2.40. The van der Waals surface area contributed by atoms with Gasteiger partial charge in [0, 0.05) is 12.2 Å². The molecule has 1 aliphatic rings. The van der Waals surface area contributed by atoms with Crippen molar-refractivity contribution in [3.05, 3.63) is 29.6 Å². The second-order valence-electron chi connectivity index (χ2n) is 4.52. The Hall–Kier alpha value is -2.12. The molecule has 0 radical (unpaired) electrons. The van der Waals surface area contributed by atoms with Crippen molar-refractivity contribution in [2.45, 2.75) is 25.1 Å². The van der Waals surface area contributed by atoms with Gasteiger partial charge in [-0.05, 0) is 25.0 Å². The van der Waals surface area contributed by atoms with Crippen molar-refractivity contribution in [2.75, 3.05) is 6.54 Å². The van der Waals surface area contributed by atoms with Crippen LogP contribution in [0.2, 0.25) is 0 Å². The predicted molar refractivity (Wildman–Crippen MR) is 61.3 cm³/mol. The monoisotopic (exact) mass is 288 g/mol. The standard InChI is InChI=1S/C12H11F3N2O3/c13-12(14,15)6-17(8-2-3-8)10(18)7-1-4-9(11(19)20)16-5-7/h1,4-5,8H,2-3,6H2,(H,19,20). The molecule has 1 aromatic heterocycles. The fourth-order valence-corrected chi connectivity index (χ4v) is 1.76. The van der Waals surface area contributed by atoms with Gasteiger partial charge in [0.15, 0.2) is 0 Å². The average Bonchev–Trinajstić information content (AvgIpc) is 3.18. The molecule has 1 amide bonds. The SMILES string of the molecule is O=C(O)c1ccc(C(=O)N(CC(F)(F)F)C2CC2)cn1. The van der Waals surface area contributed by atoms with E-state index in [1.165, 1.54) is 6.07 Å².